The Balaban J connectivity index is 1.62. The second-order valence-corrected chi connectivity index (χ2v) is 12.9. The Bertz CT molecular complexity index is 1690. The highest BCUT2D eigenvalue weighted by Gasteiger charge is 2.27. The van der Waals surface area contributed by atoms with Crippen LogP contribution in [0, 0.1) is 0 Å². The van der Waals surface area contributed by atoms with Crippen molar-refractivity contribution in [2.24, 2.45) is 0 Å². The van der Waals surface area contributed by atoms with Crippen LogP contribution < -0.4 is 0 Å². The average Bonchev–Trinajstić information content (AvgIpc) is 3.50. The summed E-state index contributed by atoms with van der Waals surface area (Å²) in [5, 5.41) is 2.49. The van der Waals surface area contributed by atoms with Gasteiger partial charge in [0.25, 0.3) is 0 Å². The minimum absolute atomic E-state index is 0.0594. The number of H-pyrrole nitrogens is 2. The molecule has 2 nitrogen and oxygen atoms in total. The van der Waals surface area contributed by atoms with E-state index in [-0.39, 0.29) is 16.7 Å². The van der Waals surface area contributed by atoms with E-state index in [1.54, 1.807) is 0 Å². The van der Waals surface area contributed by atoms with Crippen LogP contribution in [0.25, 0.3) is 32.9 Å². The van der Waals surface area contributed by atoms with Crippen molar-refractivity contribution in [3.8, 4) is 11.1 Å². The van der Waals surface area contributed by atoms with Gasteiger partial charge in [0.2, 0.25) is 0 Å². The number of benzene rings is 4. The molecule has 0 aliphatic carbocycles. The fourth-order valence-corrected chi connectivity index (χ4v) is 5.82. The molecular weight excluding hydrogens is 472 g/mol. The van der Waals surface area contributed by atoms with Gasteiger partial charge < -0.3 is 9.97 Å². The molecule has 4 aromatic carbocycles. The first kappa shape index (κ1) is 25.2. The molecule has 6 rings (SSSR count). The first-order chi connectivity index (χ1) is 18.6. The molecule has 0 aliphatic rings. The van der Waals surface area contributed by atoms with Gasteiger partial charge in [0.05, 0.1) is 0 Å². The van der Waals surface area contributed by atoms with Gasteiger partial charge in [-0.1, -0.05) is 126 Å². The van der Waals surface area contributed by atoms with E-state index in [0.717, 1.165) is 11.0 Å². The largest absolute Gasteiger partial charge is 0.361 e. The van der Waals surface area contributed by atoms with Crippen molar-refractivity contribution < 1.29 is 0 Å². The van der Waals surface area contributed by atoms with Crippen molar-refractivity contribution in [3.63, 3.8) is 0 Å². The molecule has 39 heavy (non-hydrogen) atoms. The van der Waals surface area contributed by atoms with Gasteiger partial charge in [0, 0.05) is 50.7 Å². The highest BCUT2D eigenvalue weighted by molar-refractivity contribution is 6.06. The average molecular weight is 511 g/mol. The van der Waals surface area contributed by atoms with Crippen LogP contribution in [0.1, 0.15) is 75.4 Å². The van der Waals surface area contributed by atoms with Gasteiger partial charge in [0.15, 0.2) is 0 Å². The van der Waals surface area contributed by atoms with E-state index in [1.165, 1.54) is 49.8 Å². The van der Waals surface area contributed by atoms with Crippen LogP contribution in [-0.2, 0) is 10.8 Å². The summed E-state index contributed by atoms with van der Waals surface area (Å²) in [5.41, 5.74) is 11.6. The first-order valence-electron chi connectivity index (χ1n) is 14.0. The third-order valence-corrected chi connectivity index (χ3v) is 8.10. The van der Waals surface area contributed by atoms with Gasteiger partial charge in [0.1, 0.15) is 0 Å². The molecule has 0 radical (unpaired) electrons. The molecule has 196 valence electrons. The maximum Gasteiger partial charge on any atom is 0.0497 e. The molecular formula is C37H38N2. The Hall–Kier alpha value is -4.04. The first-order valence-corrected chi connectivity index (χ1v) is 14.0. The molecule has 0 fully saturated rings. The predicted molar refractivity (Wildman–Crippen MR) is 167 cm³/mol. The third-order valence-electron chi connectivity index (χ3n) is 8.10. The van der Waals surface area contributed by atoms with Crippen LogP contribution in [0.3, 0.4) is 0 Å². The van der Waals surface area contributed by atoms with Crippen LogP contribution in [0.4, 0.5) is 0 Å². The Labute approximate surface area is 232 Å². The minimum atomic E-state index is 0.0594. The second kappa shape index (κ2) is 9.31. The molecule has 0 spiro atoms. The van der Waals surface area contributed by atoms with Gasteiger partial charge in [-0.05, 0) is 45.2 Å². The Morgan fingerprint density at radius 3 is 1.56 bits per heavy atom. The number of aromatic amines is 2. The maximum absolute atomic E-state index is 3.89. The van der Waals surface area contributed by atoms with Gasteiger partial charge in [-0.25, -0.2) is 0 Å². The zero-order valence-corrected chi connectivity index (χ0v) is 23.9. The van der Waals surface area contributed by atoms with Crippen molar-refractivity contribution in [1.29, 1.82) is 0 Å². The summed E-state index contributed by atoms with van der Waals surface area (Å²) < 4.78 is 0. The molecule has 2 N–H and O–H groups in total. The van der Waals surface area contributed by atoms with Gasteiger partial charge in [-0.15, -0.1) is 0 Å². The minimum Gasteiger partial charge on any atom is -0.361 e. The van der Waals surface area contributed by atoms with Crippen LogP contribution in [0.2, 0.25) is 0 Å². The van der Waals surface area contributed by atoms with E-state index in [4.69, 9.17) is 0 Å². The monoisotopic (exact) mass is 510 g/mol. The SMILES string of the molecule is CC(C)(C)c1ccc(C(c2ccc(C(C)(C)C)cc2)c2[nH]c3ccccc3c2-c2c[nH]c3ccccc23)cc1. The Morgan fingerprint density at radius 1 is 0.538 bits per heavy atom. The molecule has 6 aromatic rings. The molecule has 0 bridgehead atoms. The standard InChI is InChI=1S/C37H38N2/c1-36(2,3)26-19-15-24(16-20-26)33(25-17-21-27(22-18-25)37(4,5)6)35-34(29-12-8-10-14-32(29)39-35)30-23-38-31-13-9-7-11-28(30)31/h7-23,33,38-39H,1-6H3. The lowest BCUT2D eigenvalue weighted by atomic mass is 9.80. The molecule has 0 saturated heterocycles. The number of para-hydroxylation sites is 2. The lowest BCUT2D eigenvalue weighted by Crippen LogP contribution is -2.13. The zero-order chi connectivity index (χ0) is 27.4. The molecule has 0 unspecified atom stereocenters. The van der Waals surface area contributed by atoms with Crippen molar-refractivity contribution in [3.05, 3.63) is 131 Å². The van der Waals surface area contributed by atoms with E-state index >= 15 is 0 Å². The Morgan fingerprint density at radius 2 is 1.03 bits per heavy atom. The summed E-state index contributed by atoms with van der Waals surface area (Å²) in [7, 11) is 0. The predicted octanol–water partition coefficient (Wildman–Crippen LogP) is 10.1. The summed E-state index contributed by atoms with van der Waals surface area (Å²) in [6.45, 7) is 13.7. The van der Waals surface area contributed by atoms with E-state index in [0.29, 0.717) is 0 Å². The number of hydrogen-bond donors (Lipinski definition) is 2. The fourth-order valence-electron chi connectivity index (χ4n) is 5.82. The zero-order valence-electron chi connectivity index (χ0n) is 23.9. The van der Waals surface area contributed by atoms with Crippen molar-refractivity contribution in [1.82, 2.24) is 9.97 Å². The molecule has 2 heteroatoms. The third kappa shape index (κ3) is 4.59. The lowest BCUT2D eigenvalue weighted by molar-refractivity contribution is 0.589. The summed E-state index contributed by atoms with van der Waals surface area (Å²) in [5.74, 6) is 0.0594. The van der Waals surface area contributed by atoms with E-state index in [2.05, 4.69) is 155 Å². The summed E-state index contributed by atoms with van der Waals surface area (Å²) >= 11 is 0. The van der Waals surface area contributed by atoms with Gasteiger partial charge in [-0.3, -0.25) is 0 Å². The normalized spacial score (nSPS) is 12.6. The van der Waals surface area contributed by atoms with E-state index in [1.807, 2.05) is 0 Å². The van der Waals surface area contributed by atoms with Crippen LogP contribution in [0.15, 0.2) is 103 Å². The van der Waals surface area contributed by atoms with Crippen LogP contribution in [0.5, 0.6) is 0 Å². The molecule has 0 amide bonds. The van der Waals surface area contributed by atoms with Crippen molar-refractivity contribution in [2.75, 3.05) is 0 Å². The fraction of sp³-hybridized carbons (Fsp3) is 0.243. The molecule has 0 atom stereocenters. The summed E-state index contributed by atoms with van der Waals surface area (Å²) in [4.78, 5) is 7.41. The smallest absolute Gasteiger partial charge is 0.0497 e. The van der Waals surface area contributed by atoms with Gasteiger partial charge in [-0.2, -0.15) is 0 Å². The maximum atomic E-state index is 3.89. The number of aromatic nitrogens is 2. The van der Waals surface area contributed by atoms with E-state index < -0.39 is 0 Å². The number of nitrogens with one attached hydrogen (secondary N) is 2. The number of rotatable bonds is 4. The Kier molecular flexibility index (Phi) is 6.03. The highest BCUT2D eigenvalue weighted by atomic mass is 14.7. The molecule has 2 aromatic heterocycles. The highest BCUT2D eigenvalue weighted by Crippen LogP contribution is 2.44. The molecule has 0 aliphatic heterocycles. The number of fused-ring (bicyclic) bond motifs is 2. The van der Waals surface area contributed by atoms with E-state index in [9.17, 15) is 0 Å². The van der Waals surface area contributed by atoms with Crippen LogP contribution >= 0.6 is 0 Å². The molecule has 0 saturated carbocycles. The summed E-state index contributed by atoms with van der Waals surface area (Å²) in [6.07, 6.45) is 2.17. The quantitative estimate of drug-likeness (QED) is 0.236. The topological polar surface area (TPSA) is 31.6 Å². The number of hydrogen-bond acceptors (Lipinski definition) is 0. The second-order valence-electron chi connectivity index (χ2n) is 12.9. The lowest BCUT2D eigenvalue weighted by Gasteiger charge is -2.24. The summed E-state index contributed by atoms with van der Waals surface area (Å²) in [6, 6.07) is 35.8. The van der Waals surface area contributed by atoms with Crippen molar-refractivity contribution in [2.45, 2.75) is 58.3 Å². The van der Waals surface area contributed by atoms with Crippen molar-refractivity contribution >= 4 is 21.8 Å². The molecule has 2 heterocycles. The van der Waals surface area contributed by atoms with Crippen LogP contribution in [-0.4, -0.2) is 9.97 Å². The van der Waals surface area contributed by atoms with Gasteiger partial charge >= 0.3 is 0 Å².